The summed E-state index contributed by atoms with van der Waals surface area (Å²) in [5, 5.41) is 9.59. The highest BCUT2D eigenvalue weighted by Gasteiger charge is 2.14. The van der Waals surface area contributed by atoms with Crippen molar-refractivity contribution in [2.24, 2.45) is 0 Å². The van der Waals surface area contributed by atoms with Crippen LogP contribution in [-0.2, 0) is 10.5 Å². The highest BCUT2D eigenvalue weighted by molar-refractivity contribution is 7.98. The van der Waals surface area contributed by atoms with E-state index in [1.54, 1.807) is 18.2 Å². The number of amides is 2. The molecule has 0 saturated carbocycles. The van der Waals surface area contributed by atoms with Gasteiger partial charge in [0.2, 0.25) is 5.91 Å². The van der Waals surface area contributed by atoms with Crippen LogP contribution in [-0.4, -0.2) is 17.0 Å². The average Bonchev–Trinajstić information content (AvgIpc) is 3.08. The van der Waals surface area contributed by atoms with Crippen LogP contribution in [0.4, 0.5) is 11.4 Å². The molecular formula is C21H21N3O3S. The Hall–Kier alpha value is -3.06. The van der Waals surface area contributed by atoms with Crippen molar-refractivity contribution < 1.29 is 14.1 Å². The molecule has 0 aliphatic carbocycles. The molecule has 0 spiro atoms. The third kappa shape index (κ3) is 4.80. The molecule has 28 heavy (non-hydrogen) atoms. The predicted molar refractivity (Wildman–Crippen MR) is 111 cm³/mol. The molecule has 3 aromatic rings. The van der Waals surface area contributed by atoms with E-state index in [0.717, 1.165) is 21.9 Å². The zero-order chi connectivity index (χ0) is 20.1. The van der Waals surface area contributed by atoms with Crippen LogP contribution in [0.5, 0.6) is 0 Å². The van der Waals surface area contributed by atoms with Crippen molar-refractivity contribution in [3.63, 3.8) is 0 Å². The first kappa shape index (κ1) is 19.7. The molecule has 0 radical (unpaired) electrons. The summed E-state index contributed by atoms with van der Waals surface area (Å²) >= 11 is 1.52. The molecule has 3 rings (SSSR count). The fourth-order valence-electron chi connectivity index (χ4n) is 2.70. The van der Waals surface area contributed by atoms with Gasteiger partial charge >= 0.3 is 0 Å². The second-order valence-corrected chi connectivity index (χ2v) is 7.35. The van der Waals surface area contributed by atoms with Gasteiger partial charge in [-0.15, -0.1) is 11.8 Å². The van der Waals surface area contributed by atoms with Gasteiger partial charge in [-0.1, -0.05) is 23.4 Å². The molecule has 2 N–H and O–H groups in total. The maximum atomic E-state index is 12.9. The number of nitrogens with zero attached hydrogens (tertiary/aromatic N) is 1. The van der Waals surface area contributed by atoms with Gasteiger partial charge in [-0.25, -0.2) is 0 Å². The van der Waals surface area contributed by atoms with Crippen LogP contribution in [0.2, 0.25) is 0 Å². The maximum absolute atomic E-state index is 12.9. The van der Waals surface area contributed by atoms with Crippen LogP contribution < -0.4 is 10.6 Å². The Morgan fingerprint density at radius 3 is 2.43 bits per heavy atom. The van der Waals surface area contributed by atoms with Crippen molar-refractivity contribution in [2.75, 3.05) is 10.6 Å². The number of aryl methyl sites for hydroxylation is 1. The molecule has 0 bridgehead atoms. The minimum Gasteiger partial charge on any atom is -0.360 e. The van der Waals surface area contributed by atoms with Crippen LogP contribution in [0.15, 0.2) is 57.9 Å². The Morgan fingerprint density at radius 1 is 1.04 bits per heavy atom. The Bertz CT molecular complexity index is 1010. The number of carbonyl (C=O) groups excluding carboxylic acids is 2. The van der Waals surface area contributed by atoms with Crippen LogP contribution in [0.25, 0.3) is 0 Å². The van der Waals surface area contributed by atoms with Crippen LogP contribution in [0.3, 0.4) is 0 Å². The number of thioether (sulfide) groups is 1. The number of rotatable bonds is 6. The van der Waals surface area contributed by atoms with E-state index in [1.165, 1.54) is 18.7 Å². The van der Waals surface area contributed by atoms with Crippen molar-refractivity contribution in [3.05, 3.63) is 71.1 Å². The van der Waals surface area contributed by atoms with Gasteiger partial charge in [-0.3, -0.25) is 9.59 Å². The van der Waals surface area contributed by atoms with Gasteiger partial charge in [0.25, 0.3) is 5.91 Å². The van der Waals surface area contributed by atoms with Gasteiger partial charge in [-0.2, -0.15) is 0 Å². The smallest absolute Gasteiger partial charge is 0.256 e. The molecule has 0 unspecified atom stereocenters. The number of carbonyl (C=O) groups is 2. The van der Waals surface area contributed by atoms with Crippen molar-refractivity contribution >= 4 is 35.0 Å². The lowest BCUT2D eigenvalue weighted by atomic mass is 10.1. The normalized spacial score (nSPS) is 10.5. The van der Waals surface area contributed by atoms with Gasteiger partial charge in [0.1, 0.15) is 5.76 Å². The van der Waals surface area contributed by atoms with Crippen molar-refractivity contribution in [2.45, 2.75) is 31.4 Å². The Balaban J connectivity index is 1.77. The Morgan fingerprint density at radius 2 is 1.75 bits per heavy atom. The molecule has 1 heterocycles. The minimum atomic E-state index is -0.208. The van der Waals surface area contributed by atoms with E-state index in [2.05, 4.69) is 15.8 Å². The molecule has 0 aliphatic rings. The van der Waals surface area contributed by atoms with Gasteiger partial charge in [0.15, 0.2) is 0 Å². The first-order valence-electron chi connectivity index (χ1n) is 8.76. The highest BCUT2D eigenvalue weighted by Crippen LogP contribution is 2.28. The monoisotopic (exact) mass is 395 g/mol. The van der Waals surface area contributed by atoms with Gasteiger partial charge < -0.3 is 15.2 Å². The summed E-state index contributed by atoms with van der Waals surface area (Å²) in [6.45, 7) is 5.18. The second kappa shape index (κ2) is 8.75. The molecule has 6 nitrogen and oxygen atoms in total. The molecule has 0 fully saturated rings. The molecule has 0 saturated heterocycles. The standard InChI is InChI=1S/C21H21N3O3S/c1-13-11-16(27-24-13)12-28-20-10-5-4-7-17(20)21(26)23-19-9-6-8-18(14(19)2)22-15(3)25/h4-11H,12H2,1-3H3,(H,22,25)(H,23,26). The second-order valence-electron chi connectivity index (χ2n) is 6.33. The quantitative estimate of drug-likeness (QED) is 0.586. The van der Waals surface area contributed by atoms with E-state index in [9.17, 15) is 9.59 Å². The molecule has 1 aromatic heterocycles. The molecule has 7 heteroatoms. The van der Waals surface area contributed by atoms with E-state index in [4.69, 9.17) is 4.52 Å². The molecule has 2 amide bonds. The summed E-state index contributed by atoms with van der Waals surface area (Å²) in [6.07, 6.45) is 0. The average molecular weight is 395 g/mol. The summed E-state index contributed by atoms with van der Waals surface area (Å²) in [6, 6.07) is 14.7. The lowest BCUT2D eigenvalue weighted by Crippen LogP contribution is -2.15. The first-order chi connectivity index (χ1) is 13.4. The van der Waals surface area contributed by atoms with E-state index < -0.39 is 0 Å². The third-order valence-electron chi connectivity index (χ3n) is 4.07. The van der Waals surface area contributed by atoms with Crippen LogP contribution in [0.1, 0.15) is 34.3 Å². The number of hydrogen-bond acceptors (Lipinski definition) is 5. The zero-order valence-electron chi connectivity index (χ0n) is 15.9. The van der Waals surface area contributed by atoms with Gasteiger partial charge in [0.05, 0.1) is 17.0 Å². The highest BCUT2D eigenvalue weighted by atomic mass is 32.2. The van der Waals surface area contributed by atoms with Crippen LogP contribution in [0, 0.1) is 13.8 Å². The lowest BCUT2D eigenvalue weighted by Gasteiger charge is -2.14. The van der Waals surface area contributed by atoms with E-state index in [1.807, 2.05) is 44.2 Å². The molecule has 0 atom stereocenters. The number of nitrogens with one attached hydrogen (secondary N) is 2. The fourth-order valence-corrected chi connectivity index (χ4v) is 3.62. The summed E-state index contributed by atoms with van der Waals surface area (Å²) in [7, 11) is 0. The Kier molecular flexibility index (Phi) is 6.16. The topological polar surface area (TPSA) is 84.2 Å². The number of hydrogen-bond donors (Lipinski definition) is 2. The first-order valence-corrected chi connectivity index (χ1v) is 9.75. The summed E-state index contributed by atoms with van der Waals surface area (Å²) < 4.78 is 5.24. The maximum Gasteiger partial charge on any atom is 0.256 e. The van der Waals surface area contributed by atoms with Crippen molar-refractivity contribution in [1.29, 1.82) is 0 Å². The van der Waals surface area contributed by atoms with Crippen LogP contribution >= 0.6 is 11.8 Å². The molecule has 144 valence electrons. The van der Waals surface area contributed by atoms with Gasteiger partial charge in [0, 0.05) is 29.3 Å². The minimum absolute atomic E-state index is 0.157. The number of aromatic nitrogens is 1. The van der Waals surface area contributed by atoms with E-state index in [-0.39, 0.29) is 11.8 Å². The van der Waals surface area contributed by atoms with Gasteiger partial charge in [-0.05, 0) is 43.7 Å². The van der Waals surface area contributed by atoms with Crippen molar-refractivity contribution in [3.8, 4) is 0 Å². The van der Waals surface area contributed by atoms with Crippen molar-refractivity contribution in [1.82, 2.24) is 5.16 Å². The lowest BCUT2D eigenvalue weighted by molar-refractivity contribution is -0.114. The predicted octanol–water partition coefficient (Wildman–Crippen LogP) is 4.79. The largest absolute Gasteiger partial charge is 0.360 e. The summed E-state index contributed by atoms with van der Waals surface area (Å²) in [5.74, 6) is 0.981. The molecule has 0 aliphatic heterocycles. The SMILES string of the molecule is CC(=O)Nc1cccc(NC(=O)c2ccccc2SCc2cc(C)no2)c1C. The Labute approximate surface area is 167 Å². The fraction of sp³-hybridized carbons (Fsp3) is 0.190. The third-order valence-corrected chi connectivity index (χ3v) is 5.17. The number of benzene rings is 2. The zero-order valence-corrected chi connectivity index (χ0v) is 16.7. The summed E-state index contributed by atoms with van der Waals surface area (Å²) in [5.41, 5.74) is 3.54. The summed E-state index contributed by atoms with van der Waals surface area (Å²) in [4.78, 5) is 25.1. The molecular weight excluding hydrogens is 374 g/mol. The number of anilines is 2. The molecule has 2 aromatic carbocycles. The van der Waals surface area contributed by atoms with E-state index >= 15 is 0 Å². The van der Waals surface area contributed by atoms with E-state index in [0.29, 0.717) is 22.7 Å².